The van der Waals surface area contributed by atoms with Gasteiger partial charge in [-0.3, -0.25) is 4.79 Å². The number of amides is 1. The molecular formula is C17H18N2O3. The molecule has 1 aromatic heterocycles. The summed E-state index contributed by atoms with van der Waals surface area (Å²) < 4.78 is 11.0. The van der Waals surface area contributed by atoms with Crippen molar-refractivity contribution in [3.05, 3.63) is 48.1 Å². The maximum atomic E-state index is 12.7. The lowest BCUT2D eigenvalue weighted by Gasteiger charge is -2.30. The highest BCUT2D eigenvalue weighted by molar-refractivity contribution is 6.09. The van der Waals surface area contributed by atoms with Crippen molar-refractivity contribution in [3.63, 3.8) is 0 Å². The quantitative estimate of drug-likeness (QED) is 0.693. The zero-order chi connectivity index (χ0) is 15.5. The van der Waals surface area contributed by atoms with Crippen LogP contribution < -0.4 is 15.4 Å². The fraction of sp³-hybridized carbons (Fsp3) is 0.235. The Morgan fingerprint density at radius 2 is 2.18 bits per heavy atom. The van der Waals surface area contributed by atoms with Gasteiger partial charge in [0.15, 0.2) is 11.5 Å². The number of rotatable bonds is 4. The fourth-order valence-electron chi connectivity index (χ4n) is 2.37. The van der Waals surface area contributed by atoms with Gasteiger partial charge in [0.1, 0.15) is 5.76 Å². The summed E-state index contributed by atoms with van der Waals surface area (Å²) in [6, 6.07) is 8.86. The van der Waals surface area contributed by atoms with Gasteiger partial charge in [-0.1, -0.05) is 13.3 Å². The molecule has 0 spiro atoms. The molecule has 22 heavy (non-hydrogen) atoms. The summed E-state index contributed by atoms with van der Waals surface area (Å²) in [4.78, 5) is 14.4. The molecule has 0 fully saturated rings. The van der Waals surface area contributed by atoms with Crippen LogP contribution in [0.15, 0.2) is 46.8 Å². The van der Waals surface area contributed by atoms with Gasteiger partial charge in [0.2, 0.25) is 0 Å². The number of anilines is 2. The van der Waals surface area contributed by atoms with Crippen molar-refractivity contribution in [1.82, 2.24) is 0 Å². The Morgan fingerprint density at radius 1 is 1.32 bits per heavy atom. The summed E-state index contributed by atoms with van der Waals surface area (Å²) in [6.45, 7) is 2.72. The van der Waals surface area contributed by atoms with Crippen molar-refractivity contribution < 1.29 is 13.9 Å². The highest BCUT2D eigenvalue weighted by Gasteiger charge is 2.30. The zero-order valence-electron chi connectivity index (χ0n) is 12.4. The van der Waals surface area contributed by atoms with Crippen LogP contribution in [0.1, 0.15) is 25.5 Å². The average Bonchev–Trinajstić information content (AvgIpc) is 3.01. The molecule has 0 bridgehead atoms. The first-order valence-electron chi connectivity index (χ1n) is 7.33. The summed E-state index contributed by atoms with van der Waals surface area (Å²) in [7, 11) is 0. The van der Waals surface area contributed by atoms with Gasteiger partial charge in [-0.25, -0.2) is 0 Å². The number of unbranched alkanes of at least 4 members (excludes halogenated alkanes) is 1. The Kier molecular flexibility index (Phi) is 3.87. The van der Waals surface area contributed by atoms with E-state index in [0.29, 0.717) is 23.7 Å². The number of nitrogen functional groups attached to an aromatic ring is 1. The standard InChI is InChI=1S/C17H18N2O3/c1-2-3-8-19-14-10-12(18)6-7-15(14)22-16(17(19)20)11-13-5-4-9-21-13/h4-7,9-11H,2-3,8,18H2,1H3/b16-11+. The number of hydrogen-bond acceptors (Lipinski definition) is 4. The van der Waals surface area contributed by atoms with Gasteiger partial charge < -0.3 is 19.8 Å². The highest BCUT2D eigenvalue weighted by atomic mass is 16.5. The molecule has 0 radical (unpaired) electrons. The van der Waals surface area contributed by atoms with Crippen molar-refractivity contribution >= 4 is 23.4 Å². The molecule has 3 rings (SSSR count). The number of fused-ring (bicyclic) bond motifs is 1. The number of carbonyl (C=O) groups is 1. The van der Waals surface area contributed by atoms with Crippen LogP contribution in [0, 0.1) is 0 Å². The Balaban J connectivity index is 2.00. The molecule has 0 unspecified atom stereocenters. The molecule has 1 aromatic carbocycles. The average molecular weight is 298 g/mol. The van der Waals surface area contributed by atoms with E-state index >= 15 is 0 Å². The topological polar surface area (TPSA) is 68.7 Å². The number of nitrogens with zero attached hydrogens (tertiary/aromatic N) is 1. The first-order chi connectivity index (χ1) is 10.7. The van der Waals surface area contributed by atoms with E-state index in [1.54, 1.807) is 47.6 Å². The Bertz CT molecular complexity index is 705. The first-order valence-corrected chi connectivity index (χ1v) is 7.33. The highest BCUT2D eigenvalue weighted by Crippen LogP contribution is 2.37. The van der Waals surface area contributed by atoms with Gasteiger partial charge in [-0.05, 0) is 36.8 Å². The maximum absolute atomic E-state index is 12.7. The Labute approximate surface area is 129 Å². The van der Waals surface area contributed by atoms with Crippen molar-refractivity contribution in [3.8, 4) is 5.75 Å². The number of ether oxygens (including phenoxy) is 1. The summed E-state index contributed by atoms with van der Waals surface area (Å²) in [5, 5.41) is 0. The lowest BCUT2D eigenvalue weighted by Crippen LogP contribution is -2.38. The molecule has 0 saturated heterocycles. The van der Waals surface area contributed by atoms with Crippen molar-refractivity contribution in [2.75, 3.05) is 17.2 Å². The number of furan rings is 1. The second kappa shape index (κ2) is 5.97. The molecule has 1 amide bonds. The summed E-state index contributed by atoms with van der Waals surface area (Å²) >= 11 is 0. The minimum atomic E-state index is -0.178. The van der Waals surface area contributed by atoms with E-state index in [1.165, 1.54) is 0 Å². The van der Waals surface area contributed by atoms with Gasteiger partial charge in [-0.15, -0.1) is 0 Å². The third kappa shape index (κ3) is 2.70. The molecule has 2 N–H and O–H groups in total. The number of nitrogens with two attached hydrogens (primary N) is 1. The van der Waals surface area contributed by atoms with Crippen LogP contribution in [0.25, 0.3) is 6.08 Å². The van der Waals surface area contributed by atoms with Crippen LogP contribution in [0.4, 0.5) is 11.4 Å². The first kappa shape index (κ1) is 14.3. The number of benzene rings is 1. The van der Waals surface area contributed by atoms with Crippen LogP contribution in [-0.2, 0) is 4.79 Å². The van der Waals surface area contributed by atoms with E-state index < -0.39 is 0 Å². The molecule has 2 aromatic rings. The van der Waals surface area contributed by atoms with E-state index in [-0.39, 0.29) is 11.7 Å². The molecule has 0 atom stereocenters. The van der Waals surface area contributed by atoms with Crippen LogP contribution >= 0.6 is 0 Å². The summed E-state index contributed by atoms with van der Waals surface area (Å²) in [5.74, 6) is 1.28. The van der Waals surface area contributed by atoms with E-state index in [0.717, 1.165) is 18.5 Å². The van der Waals surface area contributed by atoms with E-state index in [2.05, 4.69) is 6.92 Å². The van der Waals surface area contributed by atoms with E-state index in [1.807, 2.05) is 0 Å². The lowest BCUT2D eigenvalue weighted by molar-refractivity contribution is -0.117. The van der Waals surface area contributed by atoms with Crippen molar-refractivity contribution in [1.29, 1.82) is 0 Å². The molecule has 1 aliphatic heterocycles. The smallest absolute Gasteiger partial charge is 0.294 e. The van der Waals surface area contributed by atoms with Crippen LogP contribution in [0.3, 0.4) is 0 Å². The molecule has 5 nitrogen and oxygen atoms in total. The van der Waals surface area contributed by atoms with Crippen molar-refractivity contribution in [2.45, 2.75) is 19.8 Å². The molecule has 5 heteroatoms. The van der Waals surface area contributed by atoms with E-state index in [4.69, 9.17) is 14.9 Å². The van der Waals surface area contributed by atoms with Crippen molar-refractivity contribution in [2.24, 2.45) is 0 Å². The molecule has 1 aliphatic rings. The monoisotopic (exact) mass is 298 g/mol. The zero-order valence-corrected chi connectivity index (χ0v) is 12.4. The fourth-order valence-corrected chi connectivity index (χ4v) is 2.37. The van der Waals surface area contributed by atoms with Gasteiger partial charge in [-0.2, -0.15) is 0 Å². The minimum Gasteiger partial charge on any atom is -0.465 e. The number of carbonyl (C=O) groups excluding carboxylic acids is 1. The Morgan fingerprint density at radius 3 is 2.91 bits per heavy atom. The SMILES string of the molecule is CCCCN1C(=O)/C(=C\c2ccco2)Oc2ccc(N)cc21. The van der Waals surface area contributed by atoms with Gasteiger partial charge in [0.25, 0.3) is 5.91 Å². The minimum absolute atomic E-state index is 0.178. The van der Waals surface area contributed by atoms with Crippen LogP contribution in [-0.4, -0.2) is 12.5 Å². The van der Waals surface area contributed by atoms with E-state index in [9.17, 15) is 4.79 Å². The third-order valence-electron chi connectivity index (χ3n) is 3.50. The predicted molar refractivity (Wildman–Crippen MR) is 85.4 cm³/mol. The summed E-state index contributed by atoms with van der Waals surface area (Å²) in [5.41, 5.74) is 7.16. The second-order valence-corrected chi connectivity index (χ2v) is 5.16. The second-order valence-electron chi connectivity index (χ2n) is 5.16. The third-order valence-corrected chi connectivity index (χ3v) is 3.50. The summed E-state index contributed by atoms with van der Waals surface area (Å²) in [6.07, 6.45) is 5.08. The number of hydrogen-bond donors (Lipinski definition) is 1. The van der Waals surface area contributed by atoms with Gasteiger partial charge in [0.05, 0.1) is 12.0 Å². The van der Waals surface area contributed by atoms with Gasteiger partial charge >= 0.3 is 0 Å². The molecule has 114 valence electrons. The molecular weight excluding hydrogens is 280 g/mol. The predicted octanol–water partition coefficient (Wildman–Crippen LogP) is 3.43. The molecule has 0 aliphatic carbocycles. The van der Waals surface area contributed by atoms with Gasteiger partial charge in [0, 0.05) is 18.3 Å². The van der Waals surface area contributed by atoms with Crippen LogP contribution in [0.2, 0.25) is 0 Å². The largest absolute Gasteiger partial charge is 0.465 e. The lowest BCUT2D eigenvalue weighted by atomic mass is 10.1. The molecule has 2 heterocycles. The molecule has 0 saturated carbocycles. The normalized spacial score (nSPS) is 15.8. The maximum Gasteiger partial charge on any atom is 0.294 e. The van der Waals surface area contributed by atoms with Crippen LogP contribution in [0.5, 0.6) is 5.75 Å². The Hall–Kier alpha value is -2.69.